The lowest BCUT2D eigenvalue weighted by Gasteiger charge is -2.30. The molecule has 2 unspecified atom stereocenters. The van der Waals surface area contributed by atoms with Crippen molar-refractivity contribution in [3.8, 4) is 0 Å². The second-order valence-electron chi connectivity index (χ2n) is 6.95. The van der Waals surface area contributed by atoms with Crippen molar-refractivity contribution in [1.29, 1.82) is 0 Å². The van der Waals surface area contributed by atoms with E-state index in [-0.39, 0.29) is 23.7 Å². The van der Waals surface area contributed by atoms with E-state index in [4.69, 9.17) is 4.74 Å². The zero-order valence-corrected chi connectivity index (χ0v) is 13.4. The van der Waals surface area contributed by atoms with E-state index in [9.17, 15) is 8.78 Å². The summed E-state index contributed by atoms with van der Waals surface area (Å²) in [6.07, 6.45) is 3.68. The minimum absolute atomic E-state index is 0.160. The zero-order valence-electron chi connectivity index (χ0n) is 13.4. The summed E-state index contributed by atoms with van der Waals surface area (Å²) in [5, 5.41) is 0. The van der Waals surface area contributed by atoms with Gasteiger partial charge in [-0.1, -0.05) is 67.2 Å². The highest BCUT2D eigenvalue weighted by molar-refractivity contribution is 5.06. The molecule has 0 N–H and O–H groups in total. The molecule has 1 heterocycles. The third-order valence-corrected chi connectivity index (χ3v) is 5.56. The molecule has 2 atom stereocenters. The maximum Gasteiger partial charge on any atom is 0.271 e. The first kappa shape index (κ1) is 16.9. The number of alkyl halides is 2. The van der Waals surface area contributed by atoms with Gasteiger partial charge in [-0.3, -0.25) is 4.74 Å². The van der Waals surface area contributed by atoms with Crippen LogP contribution < -0.4 is 0 Å². The molecule has 114 valence electrons. The monoisotopic (exact) mass is 276 g/mol. The van der Waals surface area contributed by atoms with Gasteiger partial charge in [0.2, 0.25) is 0 Å². The van der Waals surface area contributed by atoms with Crippen LogP contribution in [-0.2, 0) is 4.74 Å². The summed E-state index contributed by atoms with van der Waals surface area (Å²) in [6, 6.07) is 0. The Hall–Kier alpha value is -0.180. The van der Waals surface area contributed by atoms with Crippen molar-refractivity contribution in [2.45, 2.75) is 91.8 Å². The van der Waals surface area contributed by atoms with Gasteiger partial charge >= 0.3 is 0 Å². The lowest BCUT2D eigenvalue weighted by molar-refractivity contribution is 0.0653. The van der Waals surface area contributed by atoms with Crippen LogP contribution in [0.1, 0.15) is 80.1 Å². The van der Waals surface area contributed by atoms with E-state index in [1.807, 2.05) is 41.5 Å². The molecule has 19 heavy (non-hydrogen) atoms. The lowest BCUT2D eigenvalue weighted by atomic mass is 9.75. The van der Waals surface area contributed by atoms with Crippen molar-refractivity contribution < 1.29 is 13.5 Å². The first-order valence-electron chi connectivity index (χ1n) is 7.69. The maximum atomic E-state index is 14.6. The third kappa shape index (κ3) is 3.29. The van der Waals surface area contributed by atoms with Crippen LogP contribution in [-0.4, -0.2) is 11.7 Å². The molecule has 0 aromatic rings. The Morgan fingerprint density at radius 1 is 0.737 bits per heavy atom. The molecule has 1 aliphatic heterocycles. The fourth-order valence-electron chi connectivity index (χ4n) is 2.66. The smallest absolute Gasteiger partial charge is 0.271 e. The van der Waals surface area contributed by atoms with E-state index in [1.165, 1.54) is 0 Å². The Labute approximate surface area is 117 Å². The molecule has 0 aromatic carbocycles. The number of rotatable bonds is 8. The molecule has 0 radical (unpaired) electrons. The van der Waals surface area contributed by atoms with Gasteiger partial charge in [-0.05, 0) is 10.8 Å². The molecule has 1 fully saturated rings. The first-order chi connectivity index (χ1) is 8.61. The number of hydrogen-bond acceptors (Lipinski definition) is 1. The molecule has 0 saturated carbocycles. The van der Waals surface area contributed by atoms with Gasteiger partial charge in [-0.2, -0.15) is 0 Å². The topological polar surface area (TPSA) is 12.5 Å². The summed E-state index contributed by atoms with van der Waals surface area (Å²) < 4.78 is 34.2. The quantitative estimate of drug-likeness (QED) is 0.512. The molecule has 1 nitrogen and oxygen atoms in total. The van der Waals surface area contributed by atoms with Gasteiger partial charge in [0.25, 0.3) is 11.7 Å². The van der Waals surface area contributed by atoms with Crippen molar-refractivity contribution in [2.75, 3.05) is 0 Å². The summed E-state index contributed by atoms with van der Waals surface area (Å²) in [6.45, 7) is 12.1. The Morgan fingerprint density at radius 3 is 1.21 bits per heavy atom. The lowest BCUT2D eigenvalue weighted by Crippen LogP contribution is -2.30. The van der Waals surface area contributed by atoms with Crippen LogP contribution in [0, 0.1) is 10.8 Å². The fraction of sp³-hybridized carbons (Fsp3) is 1.00. The zero-order chi connectivity index (χ0) is 14.9. The molecule has 0 aromatic heterocycles. The van der Waals surface area contributed by atoms with Crippen LogP contribution in [0.5, 0.6) is 0 Å². The predicted octanol–water partition coefficient (Wildman–Crippen LogP) is 5.78. The van der Waals surface area contributed by atoms with Crippen LogP contribution in [0.4, 0.5) is 8.78 Å². The second-order valence-corrected chi connectivity index (χ2v) is 6.95. The van der Waals surface area contributed by atoms with Crippen molar-refractivity contribution in [3.63, 3.8) is 0 Å². The molecule has 1 rings (SSSR count). The van der Waals surface area contributed by atoms with Crippen molar-refractivity contribution >= 4 is 0 Å². The van der Waals surface area contributed by atoms with Crippen molar-refractivity contribution in [1.82, 2.24) is 0 Å². The van der Waals surface area contributed by atoms with Gasteiger partial charge < -0.3 is 0 Å². The standard InChI is InChI=1S/C16H30F2O/c1-7-13(5,8-2)11-15(17)16(18,19-15)12-14(6,9-3)10-4/h7-12H2,1-6H3. The summed E-state index contributed by atoms with van der Waals surface area (Å²) in [4.78, 5) is 0. The van der Waals surface area contributed by atoms with Crippen molar-refractivity contribution in [2.24, 2.45) is 10.8 Å². The number of hydrogen-bond donors (Lipinski definition) is 0. The molecule has 1 saturated heterocycles. The molecule has 0 spiro atoms. The summed E-state index contributed by atoms with van der Waals surface area (Å²) in [5.74, 6) is -4.14. The van der Waals surface area contributed by atoms with Crippen LogP contribution >= 0.6 is 0 Å². The highest BCUT2D eigenvalue weighted by atomic mass is 19.2. The summed E-state index contributed by atoms with van der Waals surface area (Å²) >= 11 is 0. The number of ether oxygens (including phenoxy) is 1. The molecule has 1 aliphatic rings. The van der Waals surface area contributed by atoms with Crippen LogP contribution in [0.2, 0.25) is 0 Å². The first-order valence-corrected chi connectivity index (χ1v) is 7.69. The van der Waals surface area contributed by atoms with Gasteiger partial charge in [0.1, 0.15) is 0 Å². The maximum absolute atomic E-state index is 14.6. The Bertz CT molecular complexity index is 280. The van der Waals surface area contributed by atoms with Gasteiger partial charge in [0, 0.05) is 12.8 Å². The van der Waals surface area contributed by atoms with E-state index in [0.717, 1.165) is 25.7 Å². The normalized spacial score (nSPS) is 31.6. The fourth-order valence-corrected chi connectivity index (χ4v) is 2.66. The number of epoxide rings is 1. The van der Waals surface area contributed by atoms with Crippen molar-refractivity contribution in [3.05, 3.63) is 0 Å². The van der Waals surface area contributed by atoms with Gasteiger partial charge in [0.15, 0.2) is 0 Å². The molecular weight excluding hydrogens is 246 g/mol. The minimum Gasteiger partial charge on any atom is -0.299 e. The van der Waals surface area contributed by atoms with Gasteiger partial charge in [-0.25, -0.2) is 8.78 Å². The van der Waals surface area contributed by atoms with E-state index in [1.54, 1.807) is 0 Å². The average molecular weight is 276 g/mol. The van der Waals surface area contributed by atoms with Crippen LogP contribution in [0.15, 0.2) is 0 Å². The SMILES string of the molecule is CCC(C)(CC)CC1(F)OC1(F)CC(C)(CC)CC. The number of halogens is 2. The van der Waals surface area contributed by atoms with E-state index in [0.29, 0.717) is 0 Å². The Morgan fingerprint density at radius 2 is 1.00 bits per heavy atom. The third-order valence-electron chi connectivity index (χ3n) is 5.56. The Kier molecular flexibility index (Phi) is 4.71. The minimum atomic E-state index is -2.07. The second kappa shape index (κ2) is 5.31. The molecule has 0 bridgehead atoms. The highest BCUT2D eigenvalue weighted by Crippen LogP contribution is 2.62. The van der Waals surface area contributed by atoms with E-state index in [2.05, 4.69) is 0 Å². The molecule has 3 heteroatoms. The molecular formula is C16H30F2O. The van der Waals surface area contributed by atoms with Gasteiger partial charge in [0.05, 0.1) is 0 Å². The summed E-state index contributed by atoms with van der Waals surface area (Å²) in [5.41, 5.74) is -0.366. The Balaban J connectivity index is 2.74. The average Bonchev–Trinajstić information content (AvgIpc) is 2.89. The highest BCUT2D eigenvalue weighted by Gasteiger charge is 2.75. The van der Waals surface area contributed by atoms with E-state index >= 15 is 0 Å². The van der Waals surface area contributed by atoms with E-state index < -0.39 is 11.7 Å². The van der Waals surface area contributed by atoms with Crippen LogP contribution in [0.25, 0.3) is 0 Å². The molecule has 0 aliphatic carbocycles. The van der Waals surface area contributed by atoms with Gasteiger partial charge in [-0.15, -0.1) is 0 Å². The van der Waals surface area contributed by atoms with Crippen LogP contribution in [0.3, 0.4) is 0 Å². The molecule has 0 amide bonds. The summed E-state index contributed by atoms with van der Waals surface area (Å²) in [7, 11) is 0. The largest absolute Gasteiger partial charge is 0.299 e. The predicted molar refractivity (Wildman–Crippen MR) is 75.4 cm³/mol.